The molecule has 0 aliphatic heterocycles. The van der Waals surface area contributed by atoms with Crippen molar-refractivity contribution >= 4 is 18.3 Å². The second-order valence-electron chi connectivity index (χ2n) is 3.81. The van der Waals surface area contributed by atoms with E-state index in [1.165, 1.54) is 4.68 Å². The van der Waals surface area contributed by atoms with Crippen molar-refractivity contribution in [2.24, 2.45) is 0 Å². The monoisotopic (exact) mass is 253 g/mol. The maximum Gasteiger partial charge on any atom is 0.269 e. The highest BCUT2D eigenvalue weighted by Crippen LogP contribution is 2.06. The van der Waals surface area contributed by atoms with Gasteiger partial charge in [0.25, 0.3) is 5.56 Å². The summed E-state index contributed by atoms with van der Waals surface area (Å²) >= 11 is 4.06. The number of anilines is 1. The summed E-state index contributed by atoms with van der Waals surface area (Å²) in [5, 5.41) is 4.14. The van der Waals surface area contributed by atoms with E-state index in [0.717, 1.165) is 18.7 Å². The molecule has 0 aliphatic carbocycles. The van der Waals surface area contributed by atoms with Crippen LogP contribution in [0.15, 0.2) is 29.2 Å². The first kappa shape index (κ1) is 13.8. The van der Waals surface area contributed by atoms with Gasteiger partial charge in [-0.05, 0) is 6.42 Å². The van der Waals surface area contributed by atoms with Crippen LogP contribution in [0.1, 0.15) is 13.3 Å². The van der Waals surface area contributed by atoms with Crippen molar-refractivity contribution in [2.45, 2.75) is 19.9 Å². The van der Waals surface area contributed by atoms with Crippen molar-refractivity contribution in [1.82, 2.24) is 9.78 Å². The lowest BCUT2D eigenvalue weighted by atomic mass is 10.3. The minimum atomic E-state index is -0.0748. The Hall–Kier alpha value is -1.23. The Balaban J connectivity index is 2.79. The Kier molecular flexibility index (Phi) is 5.83. The van der Waals surface area contributed by atoms with Crippen LogP contribution in [-0.4, -0.2) is 29.1 Å². The van der Waals surface area contributed by atoms with Crippen molar-refractivity contribution in [2.75, 3.05) is 24.2 Å². The molecule has 17 heavy (non-hydrogen) atoms. The van der Waals surface area contributed by atoms with Crippen LogP contribution in [0.5, 0.6) is 0 Å². The molecular formula is C12H19N3OS. The number of aromatic nitrogens is 2. The van der Waals surface area contributed by atoms with Crippen LogP contribution >= 0.6 is 12.6 Å². The highest BCUT2D eigenvalue weighted by Gasteiger charge is 2.02. The molecule has 0 bridgehead atoms. The molecule has 1 aromatic rings. The zero-order valence-corrected chi connectivity index (χ0v) is 11.2. The second-order valence-corrected chi connectivity index (χ2v) is 4.17. The van der Waals surface area contributed by atoms with Crippen molar-refractivity contribution in [3.63, 3.8) is 0 Å². The van der Waals surface area contributed by atoms with E-state index in [0.29, 0.717) is 12.3 Å². The first-order valence-electron chi connectivity index (χ1n) is 5.73. The Morgan fingerprint density at radius 1 is 1.53 bits per heavy atom. The van der Waals surface area contributed by atoms with Gasteiger partial charge in [0.2, 0.25) is 0 Å². The highest BCUT2D eigenvalue weighted by molar-refractivity contribution is 7.80. The van der Waals surface area contributed by atoms with Gasteiger partial charge in [-0.3, -0.25) is 4.79 Å². The zero-order chi connectivity index (χ0) is 12.7. The van der Waals surface area contributed by atoms with Crippen LogP contribution in [0, 0.1) is 0 Å². The molecule has 0 radical (unpaired) electrons. The largest absolute Gasteiger partial charge is 0.373 e. The predicted octanol–water partition coefficient (Wildman–Crippen LogP) is 1.58. The third-order valence-electron chi connectivity index (χ3n) is 2.41. The number of hydrogen-bond acceptors (Lipinski definition) is 4. The lowest BCUT2D eigenvalue weighted by Crippen LogP contribution is -2.25. The summed E-state index contributed by atoms with van der Waals surface area (Å²) in [5.74, 6) is 0.673. The molecule has 0 saturated carbocycles. The average Bonchev–Trinajstić information content (AvgIpc) is 2.31. The van der Waals surface area contributed by atoms with E-state index in [4.69, 9.17) is 0 Å². The Morgan fingerprint density at radius 3 is 2.88 bits per heavy atom. The molecule has 0 atom stereocenters. The van der Waals surface area contributed by atoms with Gasteiger partial charge in [0.05, 0.1) is 18.4 Å². The quantitative estimate of drug-likeness (QED) is 0.618. The van der Waals surface area contributed by atoms with Gasteiger partial charge in [0.1, 0.15) is 0 Å². The fourth-order valence-electron chi connectivity index (χ4n) is 1.48. The Labute approximate surface area is 107 Å². The molecule has 0 spiro atoms. The summed E-state index contributed by atoms with van der Waals surface area (Å²) in [6.07, 6.45) is 6.56. The second kappa shape index (κ2) is 7.17. The highest BCUT2D eigenvalue weighted by atomic mass is 32.1. The van der Waals surface area contributed by atoms with Crippen molar-refractivity contribution in [3.8, 4) is 0 Å². The Bertz CT molecular complexity index is 428. The smallest absolute Gasteiger partial charge is 0.269 e. The maximum atomic E-state index is 11.8. The molecule has 0 fully saturated rings. The number of rotatable bonds is 6. The van der Waals surface area contributed by atoms with Crippen LogP contribution in [0.4, 0.5) is 5.69 Å². The third-order valence-corrected chi connectivity index (χ3v) is 2.62. The molecule has 4 nitrogen and oxygen atoms in total. The molecule has 0 saturated heterocycles. The van der Waals surface area contributed by atoms with Crippen LogP contribution in [0.2, 0.25) is 0 Å². The van der Waals surface area contributed by atoms with Gasteiger partial charge >= 0.3 is 0 Å². The van der Waals surface area contributed by atoms with Gasteiger partial charge in [-0.15, -0.1) is 0 Å². The molecule has 0 unspecified atom stereocenters. The minimum Gasteiger partial charge on any atom is -0.373 e. The van der Waals surface area contributed by atoms with Gasteiger partial charge in [-0.1, -0.05) is 19.1 Å². The first-order chi connectivity index (χ1) is 8.19. The lowest BCUT2D eigenvalue weighted by molar-refractivity contribution is 0.648. The van der Waals surface area contributed by atoms with Gasteiger partial charge < -0.3 is 4.90 Å². The standard InChI is InChI=1S/C12H19N3OS/c1-3-6-14(2)11-9-12(16)15(13-10-11)7-4-5-8-17/h4-5,9-10,17H,3,6-8H2,1-2H3/b5-4+. The molecule has 94 valence electrons. The molecule has 0 amide bonds. The van der Waals surface area contributed by atoms with Crippen LogP contribution in [0.25, 0.3) is 0 Å². The van der Waals surface area contributed by atoms with Gasteiger partial charge in [-0.25, -0.2) is 4.68 Å². The fourth-order valence-corrected chi connectivity index (χ4v) is 1.63. The first-order valence-corrected chi connectivity index (χ1v) is 6.36. The molecule has 0 aliphatic rings. The number of allylic oxidation sites excluding steroid dienone is 1. The molecule has 1 heterocycles. The van der Waals surface area contributed by atoms with Crippen molar-refractivity contribution in [1.29, 1.82) is 0 Å². The van der Waals surface area contributed by atoms with Gasteiger partial charge in [-0.2, -0.15) is 17.7 Å². The molecule has 1 aromatic heterocycles. The average molecular weight is 253 g/mol. The minimum absolute atomic E-state index is 0.0748. The molecule has 1 rings (SSSR count). The van der Waals surface area contributed by atoms with E-state index >= 15 is 0 Å². The summed E-state index contributed by atoms with van der Waals surface area (Å²) in [6.45, 7) is 3.52. The van der Waals surface area contributed by atoms with Crippen molar-refractivity contribution < 1.29 is 0 Å². The Morgan fingerprint density at radius 2 is 2.29 bits per heavy atom. The van der Waals surface area contributed by atoms with Crippen LogP contribution in [0.3, 0.4) is 0 Å². The van der Waals surface area contributed by atoms with E-state index in [1.807, 2.05) is 24.1 Å². The fraction of sp³-hybridized carbons (Fsp3) is 0.500. The van der Waals surface area contributed by atoms with E-state index in [1.54, 1.807) is 12.3 Å². The van der Waals surface area contributed by atoms with Gasteiger partial charge in [0.15, 0.2) is 0 Å². The number of thiol groups is 1. The van der Waals surface area contributed by atoms with E-state index in [9.17, 15) is 4.79 Å². The third kappa shape index (κ3) is 4.26. The summed E-state index contributed by atoms with van der Waals surface area (Å²) < 4.78 is 1.43. The molecule has 5 heteroatoms. The van der Waals surface area contributed by atoms with Crippen molar-refractivity contribution in [3.05, 3.63) is 34.8 Å². The van der Waals surface area contributed by atoms with E-state index in [2.05, 4.69) is 24.7 Å². The van der Waals surface area contributed by atoms with Crippen LogP contribution < -0.4 is 10.5 Å². The molecule has 0 N–H and O–H groups in total. The molecule has 0 aromatic carbocycles. The topological polar surface area (TPSA) is 38.1 Å². The summed E-state index contributed by atoms with van der Waals surface area (Å²) in [5.41, 5.74) is 0.792. The zero-order valence-electron chi connectivity index (χ0n) is 10.3. The maximum absolute atomic E-state index is 11.8. The number of nitrogens with zero attached hydrogens (tertiary/aromatic N) is 3. The van der Waals surface area contributed by atoms with Gasteiger partial charge in [0, 0.05) is 25.4 Å². The summed E-state index contributed by atoms with van der Waals surface area (Å²) in [6, 6.07) is 1.62. The number of hydrogen-bond donors (Lipinski definition) is 1. The lowest BCUT2D eigenvalue weighted by Gasteiger charge is -2.17. The van der Waals surface area contributed by atoms with E-state index in [-0.39, 0.29) is 5.56 Å². The summed E-state index contributed by atoms with van der Waals surface area (Å²) in [7, 11) is 1.96. The normalized spacial score (nSPS) is 11.0. The predicted molar refractivity (Wildman–Crippen MR) is 75.1 cm³/mol. The molecular weight excluding hydrogens is 234 g/mol. The van der Waals surface area contributed by atoms with Crippen LogP contribution in [-0.2, 0) is 6.54 Å². The summed E-state index contributed by atoms with van der Waals surface area (Å²) in [4.78, 5) is 13.8. The SMILES string of the molecule is CCCN(C)c1cnn(C/C=C/CS)c(=O)c1. The van der Waals surface area contributed by atoms with E-state index < -0.39 is 0 Å².